The summed E-state index contributed by atoms with van der Waals surface area (Å²) < 4.78 is 23.9. The van der Waals surface area contributed by atoms with E-state index in [4.69, 9.17) is 9.40 Å². The molecule has 8 rings (SSSR count). The number of nitrogens with zero attached hydrogens (tertiary/aromatic N) is 2. The maximum Gasteiger partial charge on any atom is 0.149 e. The number of hydrogen-bond donors (Lipinski definition) is 0. The average Bonchev–Trinajstić information content (AvgIpc) is 3.57. The van der Waals surface area contributed by atoms with Crippen molar-refractivity contribution in [1.29, 1.82) is 0 Å². The van der Waals surface area contributed by atoms with E-state index in [9.17, 15) is 0 Å². The minimum Gasteiger partial charge on any atom is -0.455 e. The molecule has 2 heterocycles. The highest BCUT2D eigenvalue weighted by Crippen LogP contribution is 2.42. The summed E-state index contributed by atoms with van der Waals surface area (Å²) in [5.41, 5.74) is 7.35. The molecule has 0 unspecified atom stereocenters. The van der Waals surface area contributed by atoms with Gasteiger partial charge in [0.2, 0.25) is 0 Å². The van der Waals surface area contributed by atoms with Gasteiger partial charge in [-0.15, -0.1) is 0 Å². The van der Waals surface area contributed by atoms with Crippen LogP contribution in [0, 0.1) is 5.82 Å². The summed E-state index contributed by atoms with van der Waals surface area (Å²) in [4.78, 5) is 5.21. The lowest BCUT2D eigenvalue weighted by Crippen LogP contribution is -2.09. The fourth-order valence-electron chi connectivity index (χ4n) is 6.69. The predicted octanol–water partition coefficient (Wildman–Crippen LogP) is 11.3. The van der Waals surface area contributed by atoms with Gasteiger partial charge < -0.3 is 4.42 Å². The molecule has 6 aromatic carbocycles. The third kappa shape index (κ3) is 3.90. The van der Waals surface area contributed by atoms with Crippen molar-refractivity contribution in [3.63, 3.8) is 0 Å². The molecule has 8 aromatic rings. The number of benzene rings is 6. The molecule has 0 saturated heterocycles. The van der Waals surface area contributed by atoms with Crippen molar-refractivity contribution in [1.82, 2.24) is 9.55 Å². The molecule has 0 bridgehead atoms. The number of aromatic nitrogens is 2. The maximum atomic E-state index is 15.0. The molecular formula is C39H31FN2O. The Kier molecular flexibility index (Phi) is 5.70. The molecule has 0 radical (unpaired) electrons. The van der Waals surface area contributed by atoms with Gasteiger partial charge in [0.1, 0.15) is 22.8 Å². The van der Waals surface area contributed by atoms with Crippen molar-refractivity contribution in [2.75, 3.05) is 0 Å². The van der Waals surface area contributed by atoms with Crippen LogP contribution in [0.1, 0.15) is 50.7 Å². The van der Waals surface area contributed by atoms with Crippen molar-refractivity contribution in [3.8, 4) is 17.1 Å². The van der Waals surface area contributed by atoms with Crippen molar-refractivity contribution in [2.24, 2.45) is 0 Å². The van der Waals surface area contributed by atoms with E-state index in [1.165, 1.54) is 16.2 Å². The number of rotatable bonds is 4. The van der Waals surface area contributed by atoms with Crippen LogP contribution in [0.5, 0.6) is 0 Å². The number of furan rings is 1. The van der Waals surface area contributed by atoms with E-state index in [1.807, 2.05) is 18.2 Å². The SMILES string of the molecule is CC(C)c1cc(F)cc(C(C)C)c1-n1c(-c2cccc3c2oc2cc4ccc5ccccc5c4cc23)nc2ccccc21. The van der Waals surface area contributed by atoms with Crippen LogP contribution in [-0.2, 0) is 0 Å². The van der Waals surface area contributed by atoms with E-state index in [2.05, 4.69) is 105 Å². The Bertz CT molecular complexity index is 2340. The molecule has 210 valence electrons. The maximum absolute atomic E-state index is 15.0. The van der Waals surface area contributed by atoms with Gasteiger partial charge in [0, 0.05) is 10.8 Å². The van der Waals surface area contributed by atoms with Gasteiger partial charge in [-0.1, -0.05) is 88.4 Å². The second-order valence-electron chi connectivity index (χ2n) is 12.1. The van der Waals surface area contributed by atoms with Gasteiger partial charge in [0.15, 0.2) is 0 Å². The van der Waals surface area contributed by atoms with Crippen molar-refractivity contribution >= 4 is 54.5 Å². The first kappa shape index (κ1) is 25.7. The number of hydrogen-bond acceptors (Lipinski definition) is 2. The van der Waals surface area contributed by atoms with Crippen LogP contribution in [0.25, 0.3) is 71.6 Å². The summed E-state index contributed by atoms with van der Waals surface area (Å²) in [6, 6.07) is 35.1. The van der Waals surface area contributed by atoms with Gasteiger partial charge >= 0.3 is 0 Å². The Balaban J connectivity index is 1.47. The first-order chi connectivity index (χ1) is 20.9. The van der Waals surface area contributed by atoms with Gasteiger partial charge in [0.25, 0.3) is 0 Å². The zero-order valence-corrected chi connectivity index (χ0v) is 24.7. The summed E-state index contributed by atoms with van der Waals surface area (Å²) in [6.07, 6.45) is 0. The molecule has 0 amide bonds. The zero-order valence-electron chi connectivity index (χ0n) is 24.7. The Morgan fingerprint density at radius 1 is 0.651 bits per heavy atom. The van der Waals surface area contributed by atoms with Gasteiger partial charge in [-0.25, -0.2) is 9.37 Å². The van der Waals surface area contributed by atoms with E-state index in [0.29, 0.717) is 0 Å². The first-order valence-corrected chi connectivity index (χ1v) is 15.0. The number of imidazole rings is 1. The largest absolute Gasteiger partial charge is 0.455 e. The fraction of sp³-hybridized carbons (Fsp3) is 0.154. The van der Waals surface area contributed by atoms with Crippen molar-refractivity contribution in [3.05, 3.63) is 120 Å². The van der Waals surface area contributed by atoms with Crippen LogP contribution in [0.3, 0.4) is 0 Å². The van der Waals surface area contributed by atoms with Crippen LogP contribution in [0.15, 0.2) is 108 Å². The van der Waals surface area contributed by atoms with E-state index in [0.717, 1.165) is 66.6 Å². The van der Waals surface area contributed by atoms with E-state index >= 15 is 4.39 Å². The Labute approximate surface area is 249 Å². The molecule has 0 atom stereocenters. The topological polar surface area (TPSA) is 31.0 Å². The van der Waals surface area contributed by atoms with E-state index in [1.54, 1.807) is 12.1 Å². The number of halogens is 1. The molecule has 3 nitrogen and oxygen atoms in total. The standard InChI is InChI=1S/C39H31FN2O/c1-22(2)30-19-26(40)20-31(23(3)4)37(30)42-35-15-8-7-14-34(35)41-39(42)29-13-9-12-28-33-21-32-25(18-36(33)43-38(28)29)17-16-24-10-5-6-11-27(24)32/h5-23H,1-4H3. The van der Waals surface area contributed by atoms with Crippen LogP contribution >= 0.6 is 0 Å². The van der Waals surface area contributed by atoms with Crippen molar-refractivity contribution in [2.45, 2.75) is 39.5 Å². The fourth-order valence-corrected chi connectivity index (χ4v) is 6.69. The Morgan fingerprint density at radius 2 is 1.35 bits per heavy atom. The summed E-state index contributed by atoms with van der Waals surface area (Å²) in [5.74, 6) is 0.806. The van der Waals surface area contributed by atoms with Gasteiger partial charge in [0.05, 0.1) is 22.3 Å². The minimum atomic E-state index is -0.207. The van der Waals surface area contributed by atoms with Crippen LogP contribution in [0.4, 0.5) is 4.39 Å². The minimum absolute atomic E-state index is 0.112. The molecule has 2 aromatic heterocycles. The molecule has 0 aliphatic rings. The second kappa shape index (κ2) is 9.53. The molecule has 0 aliphatic carbocycles. The summed E-state index contributed by atoms with van der Waals surface area (Å²) >= 11 is 0. The number of fused-ring (bicyclic) bond motifs is 7. The lowest BCUT2D eigenvalue weighted by molar-refractivity contribution is 0.617. The smallest absolute Gasteiger partial charge is 0.149 e. The predicted molar refractivity (Wildman–Crippen MR) is 177 cm³/mol. The highest BCUT2D eigenvalue weighted by atomic mass is 19.1. The van der Waals surface area contributed by atoms with Gasteiger partial charge in [-0.3, -0.25) is 4.57 Å². The molecule has 0 saturated carbocycles. The van der Waals surface area contributed by atoms with Crippen LogP contribution in [-0.4, -0.2) is 9.55 Å². The third-order valence-corrected chi connectivity index (χ3v) is 8.77. The van der Waals surface area contributed by atoms with Crippen molar-refractivity contribution < 1.29 is 8.81 Å². The van der Waals surface area contributed by atoms with Crippen LogP contribution in [0.2, 0.25) is 0 Å². The highest BCUT2D eigenvalue weighted by molar-refractivity contribution is 6.17. The Hall–Kier alpha value is -4.96. The molecular weight excluding hydrogens is 531 g/mol. The summed E-state index contributed by atoms with van der Waals surface area (Å²) in [7, 11) is 0. The molecule has 0 spiro atoms. The lowest BCUT2D eigenvalue weighted by Gasteiger charge is -2.23. The van der Waals surface area contributed by atoms with Gasteiger partial charge in [-0.05, 0) is 87.0 Å². The van der Waals surface area contributed by atoms with Crippen LogP contribution < -0.4 is 0 Å². The monoisotopic (exact) mass is 562 g/mol. The second-order valence-corrected chi connectivity index (χ2v) is 12.1. The highest BCUT2D eigenvalue weighted by Gasteiger charge is 2.25. The summed E-state index contributed by atoms with van der Waals surface area (Å²) in [6.45, 7) is 8.48. The number of para-hydroxylation sites is 3. The van der Waals surface area contributed by atoms with E-state index in [-0.39, 0.29) is 17.7 Å². The first-order valence-electron chi connectivity index (χ1n) is 15.0. The molecule has 4 heteroatoms. The molecule has 43 heavy (non-hydrogen) atoms. The quantitative estimate of drug-likeness (QED) is 0.200. The lowest BCUT2D eigenvalue weighted by atomic mass is 9.92. The third-order valence-electron chi connectivity index (χ3n) is 8.77. The molecule has 0 aliphatic heterocycles. The molecule has 0 fully saturated rings. The summed E-state index contributed by atoms with van der Waals surface area (Å²) in [5, 5.41) is 6.93. The van der Waals surface area contributed by atoms with Gasteiger partial charge in [-0.2, -0.15) is 0 Å². The molecule has 0 N–H and O–H groups in total. The van der Waals surface area contributed by atoms with E-state index < -0.39 is 0 Å². The normalized spacial score (nSPS) is 12.3. The Morgan fingerprint density at radius 3 is 2.14 bits per heavy atom. The average molecular weight is 563 g/mol. The zero-order chi connectivity index (χ0) is 29.4.